The molecule has 1 aliphatic heterocycles. The van der Waals surface area contributed by atoms with Crippen LogP contribution in [0.15, 0.2) is 48.5 Å². The van der Waals surface area contributed by atoms with Gasteiger partial charge < -0.3 is 15.2 Å². The van der Waals surface area contributed by atoms with Gasteiger partial charge in [0.15, 0.2) is 0 Å². The standard InChI is InChI=1S/C17H17NO2/c1-19-14-7-8-15-13(9-14)11-20-17(16(15)10-18)12-5-3-2-4-6-12/h2-9,11,17H,10,18H2,1H3. The van der Waals surface area contributed by atoms with Gasteiger partial charge >= 0.3 is 0 Å². The molecule has 0 saturated heterocycles. The molecule has 0 bridgehead atoms. The van der Waals surface area contributed by atoms with E-state index < -0.39 is 0 Å². The highest BCUT2D eigenvalue weighted by Gasteiger charge is 2.20. The van der Waals surface area contributed by atoms with Crippen molar-refractivity contribution in [2.45, 2.75) is 6.10 Å². The maximum absolute atomic E-state index is 5.95. The number of benzene rings is 2. The zero-order valence-electron chi connectivity index (χ0n) is 11.4. The Morgan fingerprint density at radius 2 is 1.95 bits per heavy atom. The van der Waals surface area contributed by atoms with E-state index in [2.05, 4.69) is 12.1 Å². The molecule has 1 aliphatic rings. The smallest absolute Gasteiger partial charge is 0.146 e. The Labute approximate surface area is 117 Å². The maximum atomic E-state index is 5.95. The molecule has 3 rings (SSSR count). The lowest BCUT2D eigenvalue weighted by atomic mass is 9.97. The van der Waals surface area contributed by atoms with Crippen LogP contribution in [0.1, 0.15) is 11.7 Å². The van der Waals surface area contributed by atoms with Crippen LogP contribution in [0.25, 0.3) is 11.8 Å². The predicted octanol–water partition coefficient (Wildman–Crippen LogP) is 1.31. The molecule has 1 atom stereocenters. The van der Waals surface area contributed by atoms with Crippen molar-refractivity contribution in [1.82, 2.24) is 0 Å². The number of rotatable bonds is 3. The molecule has 102 valence electrons. The molecule has 3 heteroatoms. The Morgan fingerprint density at radius 1 is 1.15 bits per heavy atom. The lowest BCUT2D eigenvalue weighted by Gasteiger charge is -2.23. The van der Waals surface area contributed by atoms with Gasteiger partial charge in [-0.25, -0.2) is 0 Å². The molecule has 20 heavy (non-hydrogen) atoms. The molecule has 0 aromatic heterocycles. The van der Waals surface area contributed by atoms with Gasteiger partial charge in [0.2, 0.25) is 0 Å². The minimum Gasteiger partial charge on any atom is -0.497 e. The molecule has 0 aliphatic carbocycles. The molecule has 0 fully saturated rings. The van der Waals surface area contributed by atoms with Crippen LogP contribution in [0.5, 0.6) is 5.75 Å². The van der Waals surface area contributed by atoms with Crippen molar-refractivity contribution < 1.29 is 9.47 Å². The van der Waals surface area contributed by atoms with Crippen LogP contribution in [0.3, 0.4) is 0 Å². The second kappa shape index (κ2) is 5.39. The first-order chi connectivity index (χ1) is 9.83. The molecule has 3 nitrogen and oxygen atoms in total. The van der Waals surface area contributed by atoms with Crippen LogP contribution < -0.4 is 20.9 Å². The fourth-order valence-electron chi connectivity index (χ4n) is 2.55. The molecule has 0 saturated carbocycles. The van der Waals surface area contributed by atoms with Gasteiger partial charge in [-0.2, -0.15) is 0 Å². The minimum atomic E-state index is -0.109. The summed E-state index contributed by atoms with van der Waals surface area (Å²) in [6.45, 7) is 0.465. The second-order valence-corrected chi connectivity index (χ2v) is 4.73. The van der Waals surface area contributed by atoms with Gasteiger partial charge in [-0.3, -0.25) is 0 Å². The first kappa shape index (κ1) is 12.8. The third-order valence-electron chi connectivity index (χ3n) is 3.57. The molecule has 2 aromatic rings. The first-order valence-electron chi connectivity index (χ1n) is 6.61. The van der Waals surface area contributed by atoms with E-state index in [1.54, 1.807) is 13.4 Å². The third-order valence-corrected chi connectivity index (χ3v) is 3.57. The van der Waals surface area contributed by atoms with Crippen LogP contribution in [0.4, 0.5) is 0 Å². The zero-order chi connectivity index (χ0) is 13.9. The van der Waals surface area contributed by atoms with Gasteiger partial charge in [-0.15, -0.1) is 0 Å². The van der Waals surface area contributed by atoms with Crippen molar-refractivity contribution in [3.63, 3.8) is 0 Å². The summed E-state index contributed by atoms with van der Waals surface area (Å²) < 4.78 is 11.1. The Morgan fingerprint density at radius 3 is 2.65 bits per heavy atom. The lowest BCUT2D eigenvalue weighted by Crippen LogP contribution is -2.35. The van der Waals surface area contributed by atoms with Crippen LogP contribution in [-0.4, -0.2) is 13.7 Å². The highest BCUT2D eigenvalue weighted by Crippen LogP contribution is 2.26. The summed E-state index contributed by atoms with van der Waals surface area (Å²) in [6.07, 6.45) is 1.68. The lowest BCUT2D eigenvalue weighted by molar-refractivity contribution is 0.232. The summed E-state index contributed by atoms with van der Waals surface area (Å²) >= 11 is 0. The van der Waals surface area contributed by atoms with Crippen LogP contribution in [-0.2, 0) is 4.74 Å². The van der Waals surface area contributed by atoms with Gasteiger partial charge in [0.1, 0.15) is 11.9 Å². The highest BCUT2D eigenvalue weighted by atomic mass is 16.5. The second-order valence-electron chi connectivity index (χ2n) is 4.73. The molecule has 0 radical (unpaired) electrons. The van der Waals surface area contributed by atoms with E-state index in [1.807, 2.05) is 36.4 Å². The van der Waals surface area contributed by atoms with E-state index in [4.69, 9.17) is 15.2 Å². The average Bonchev–Trinajstić information content (AvgIpc) is 2.53. The number of hydrogen-bond donors (Lipinski definition) is 1. The number of nitrogens with two attached hydrogens (primary N) is 1. The normalized spacial score (nSPS) is 16.9. The topological polar surface area (TPSA) is 44.5 Å². The largest absolute Gasteiger partial charge is 0.497 e. The van der Waals surface area contributed by atoms with E-state index in [9.17, 15) is 0 Å². The summed E-state index contributed by atoms with van der Waals surface area (Å²) in [5, 5.41) is 2.14. The van der Waals surface area contributed by atoms with E-state index in [0.717, 1.165) is 27.3 Å². The monoisotopic (exact) mass is 267 g/mol. The fraction of sp³-hybridized carbons (Fsp3) is 0.176. The Kier molecular flexibility index (Phi) is 3.44. The highest BCUT2D eigenvalue weighted by molar-refractivity contribution is 5.58. The van der Waals surface area contributed by atoms with E-state index >= 15 is 0 Å². The maximum Gasteiger partial charge on any atom is 0.146 e. The fourth-order valence-corrected chi connectivity index (χ4v) is 2.55. The number of hydrogen-bond acceptors (Lipinski definition) is 3. The average molecular weight is 267 g/mol. The number of methoxy groups -OCH3 is 1. The minimum absolute atomic E-state index is 0.109. The van der Waals surface area contributed by atoms with Gasteiger partial charge in [0, 0.05) is 11.8 Å². The van der Waals surface area contributed by atoms with Crippen molar-refractivity contribution in [3.05, 3.63) is 64.5 Å². The summed E-state index contributed by atoms with van der Waals surface area (Å²) in [7, 11) is 1.66. The van der Waals surface area contributed by atoms with E-state index in [0.29, 0.717) is 6.54 Å². The number of ether oxygens (including phenoxy) is 2. The Bertz CT molecular complexity index is 722. The van der Waals surface area contributed by atoms with Gasteiger partial charge in [0.05, 0.1) is 13.4 Å². The predicted molar refractivity (Wildman–Crippen MR) is 79.4 cm³/mol. The van der Waals surface area contributed by atoms with Crippen molar-refractivity contribution in [2.75, 3.05) is 13.7 Å². The summed E-state index contributed by atoms with van der Waals surface area (Å²) in [6, 6.07) is 16.1. The van der Waals surface area contributed by atoms with E-state index in [-0.39, 0.29) is 6.10 Å². The van der Waals surface area contributed by atoms with Crippen molar-refractivity contribution in [3.8, 4) is 5.75 Å². The van der Waals surface area contributed by atoms with Crippen LogP contribution in [0.2, 0.25) is 0 Å². The summed E-state index contributed by atoms with van der Waals surface area (Å²) in [5.41, 5.74) is 8.16. The molecule has 2 aromatic carbocycles. The molecule has 1 heterocycles. The third kappa shape index (κ3) is 2.17. The van der Waals surface area contributed by atoms with Crippen LogP contribution >= 0.6 is 0 Å². The van der Waals surface area contributed by atoms with Gasteiger partial charge in [-0.05, 0) is 28.5 Å². The molecule has 0 amide bonds. The Hall–Kier alpha value is -2.26. The Balaban J connectivity index is 2.16. The molecular weight excluding hydrogens is 250 g/mol. The first-order valence-corrected chi connectivity index (χ1v) is 6.61. The van der Waals surface area contributed by atoms with E-state index in [1.165, 1.54) is 0 Å². The van der Waals surface area contributed by atoms with Crippen LogP contribution in [0, 0.1) is 0 Å². The molecule has 0 spiro atoms. The quantitative estimate of drug-likeness (QED) is 0.912. The summed E-state index contributed by atoms with van der Waals surface area (Å²) in [4.78, 5) is 0. The number of fused-ring (bicyclic) bond motifs is 1. The molecule has 2 N–H and O–H groups in total. The van der Waals surface area contributed by atoms with Gasteiger partial charge in [-0.1, -0.05) is 36.4 Å². The summed E-state index contributed by atoms with van der Waals surface area (Å²) in [5.74, 6) is 0.818. The van der Waals surface area contributed by atoms with Crippen molar-refractivity contribution >= 4 is 11.8 Å². The SMILES string of the molecule is COc1ccc2c(c1)=COC(c1ccccc1)C=2CN. The van der Waals surface area contributed by atoms with Crippen molar-refractivity contribution in [2.24, 2.45) is 5.73 Å². The van der Waals surface area contributed by atoms with Gasteiger partial charge in [0.25, 0.3) is 0 Å². The van der Waals surface area contributed by atoms with Crippen molar-refractivity contribution in [1.29, 1.82) is 0 Å². The molecular formula is C17H17NO2. The zero-order valence-corrected chi connectivity index (χ0v) is 11.4. The molecule has 1 unspecified atom stereocenters.